The minimum absolute atomic E-state index is 0.302. The van der Waals surface area contributed by atoms with Gasteiger partial charge >= 0.3 is 0 Å². The molecular weight excluding hydrogens is 190 g/mol. The fourth-order valence-corrected chi connectivity index (χ4v) is 2.44. The monoisotopic (exact) mass is 213 g/mol. The number of rotatable bonds is 7. The van der Waals surface area contributed by atoms with Crippen LogP contribution in [0.5, 0.6) is 0 Å². The quantitative estimate of drug-likeness (QED) is 0.694. The first kappa shape index (κ1) is 11.4. The molecule has 0 aromatic rings. The van der Waals surface area contributed by atoms with E-state index in [0.29, 0.717) is 12.7 Å². The molecule has 3 heteroatoms. The van der Waals surface area contributed by atoms with Crippen molar-refractivity contribution < 1.29 is 9.84 Å². The molecule has 2 rings (SSSR count). The zero-order valence-electron chi connectivity index (χ0n) is 9.53. The second kappa shape index (κ2) is 5.83. The first-order valence-corrected chi connectivity index (χ1v) is 6.36. The number of ether oxygens (including phenoxy) is 1. The molecule has 88 valence electrons. The van der Waals surface area contributed by atoms with Gasteiger partial charge < -0.3 is 9.84 Å². The van der Waals surface area contributed by atoms with E-state index in [0.717, 1.165) is 25.7 Å². The predicted octanol–water partition coefficient (Wildman–Crippen LogP) is 1.40. The summed E-state index contributed by atoms with van der Waals surface area (Å²) in [5.41, 5.74) is 0. The minimum Gasteiger partial charge on any atom is -0.395 e. The summed E-state index contributed by atoms with van der Waals surface area (Å²) in [6, 6.07) is 0.779. The van der Waals surface area contributed by atoms with E-state index in [1.165, 1.54) is 38.5 Å². The van der Waals surface area contributed by atoms with Crippen LogP contribution in [0.15, 0.2) is 0 Å². The van der Waals surface area contributed by atoms with Gasteiger partial charge in [0.25, 0.3) is 0 Å². The Morgan fingerprint density at radius 3 is 2.67 bits per heavy atom. The van der Waals surface area contributed by atoms with E-state index < -0.39 is 0 Å². The molecule has 1 aliphatic carbocycles. The first-order chi connectivity index (χ1) is 7.40. The zero-order valence-corrected chi connectivity index (χ0v) is 9.53. The largest absolute Gasteiger partial charge is 0.395 e. The molecule has 0 bridgehead atoms. The molecule has 1 atom stereocenters. The molecule has 3 nitrogen and oxygen atoms in total. The normalized spacial score (nSPS) is 26.4. The summed E-state index contributed by atoms with van der Waals surface area (Å²) in [6.07, 6.45) is 8.12. The molecule has 1 aliphatic heterocycles. The maximum atomic E-state index is 8.96. The molecular formula is C12H23NO2. The third-order valence-corrected chi connectivity index (χ3v) is 3.45. The lowest BCUT2D eigenvalue weighted by Crippen LogP contribution is -2.30. The van der Waals surface area contributed by atoms with Gasteiger partial charge in [0.05, 0.1) is 12.7 Å². The standard InChI is InChI=1S/C12H23NO2/c14-9-8-13(11-5-6-11)7-1-3-12-4-2-10-15-12/h11-12,14H,1-10H2. The Morgan fingerprint density at radius 2 is 2.07 bits per heavy atom. The molecule has 1 heterocycles. The van der Waals surface area contributed by atoms with Crippen LogP contribution >= 0.6 is 0 Å². The number of hydrogen-bond donors (Lipinski definition) is 1. The van der Waals surface area contributed by atoms with Crippen molar-refractivity contribution >= 4 is 0 Å². The summed E-state index contributed by atoms with van der Waals surface area (Å²) in [4.78, 5) is 2.44. The van der Waals surface area contributed by atoms with Crippen LogP contribution in [0.3, 0.4) is 0 Å². The Morgan fingerprint density at radius 1 is 1.20 bits per heavy atom. The van der Waals surface area contributed by atoms with Crippen molar-refractivity contribution in [3.05, 3.63) is 0 Å². The smallest absolute Gasteiger partial charge is 0.0576 e. The number of hydrogen-bond acceptors (Lipinski definition) is 3. The molecule has 1 saturated heterocycles. The second-order valence-electron chi connectivity index (χ2n) is 4.77. The maximum Gasteiger partial charge on any atom is 0.0576 e. The van der Waals surface area contributed by atoms with Crippen LogP contribution < -0.4 is 0 Å². The van der Waals surface area contributed by atoms with Gasteiger partial charge in [0.15, 0.2) is 0 Å². The average molecular weight is 213 g/mol. The van der Waals surface area contributed by atoms with Crippen LogP contribution in [0.25, 0.3) is 0 Å². The van der Waals surface area contributed by atoms with Crippen molar-refractivity contribution in [2.24, 2.45) is 0 Å². The molecule has 2 aliphatic rings. The van der Waals surface area contributed by atoms with E-state index in [9.17, 15) is 0 Å². The Balaban J connectivity index is 1.57. The summed E-state index contributed by atoms with van der Waals surface area (Å²) in [5, 5.41) is 8.96. The molecule has 0 radical (unpaired) electrons. The number of nitrogens with zero attached hydrogens (tertiary/aromatic N) is 1. The highest BCUT2D eigenvalue weighted by atomic mass is 16.5. The summed E-state index contributed by atoms with van der Waals surface area (Å²) in [7, 11) is 0. The third-order valence-electron chi connectivity index (χ3n) is 3.45. The lowest BCUT2D eigenvalue weighted by Gasteiger charge is -2.21. The average Bonchev–Trinajstić information content (AvgIpc) is 2.96. The summed E-state index contributed by atoms with van der Waals surface area (Å²) >= 11 is 0. The van der Waals surface area contributed by atoms with E-state index in [4.69, 9.17) is 9.84 Å². The molecule has 1 saturated carbocycles. The van der Waals surface area contributed by atoms with Gasteiger partial charge in [-0.15, -0.1) is 0 Å². The van der Waals surface area contributed by atoms with Crippen LogP contribution in [0.4, 0.5) is 0 Å². The Labute approximate surface area is 92.4 Å². The maximum absolute atomic E-state index is 8.96. The summed E-state index contributed by atoms with van der Waals surface area (Å²) in [6.45, 7) is 3.27. The molecule has 0 spiro atoms. The Kier molecular flexibility index (Phi) is 4.42. The molecule has 1 unspecified atom stereocenters. The molecule has 0 amide bonds. The molecule has 1 N–H and O–H groups in total. The fraction of sp³-hybridized carbons (Fsp3) is 1.00. The van der Waals surface area contributed by atoms with Gasteiger partial charge in [-0.1, -0.05) is 0 Å². The van der Waals surface area contributed by atoms with Gasteiger partial charge in [-0.2, -0.15) is 0 Å². The van der Waals surface area contributed by atoms with E-state index in [1.807, 2.05) is 0 Å². The predicted molar refractivity (Wildman–Crippen MR) is 59.9 cm³/mol. The molecule has 0 aromatic heterocycles. The van der Waals surface area contributed by atoms with E-state index in [-0.39, 0.29) is 0 Å². The van der Waals surface area contributed by atoms with E-state index in [2.05, 4.69) is 4.90 Å². The molecule has 0 aromatic carbocycles. The van der Waals surface area contributed by atoms with Crippen molar-refractivity contribution in [1.82, 2.24) is 4.90 Å². The zero-order chi connectivity index (χ0) is 10.5. The van der Waals surface area contributed by atoms with Gasteiger partial charge in [0.2, 0.25) is 0 Å². The third kappa shape index (κ3) is 3.74. The van der Waals surface area contributed by atoms with Crippen LogP contribution in [-0.4, -0.2) is 48.5 Å². The van der Waals surface area contributed by atoms with Crippen LogP contribution in [0.1, 0.15) is 38.5 Å². The van der Waals surface area contributed by atoms with Gasteiger partial charge in [0.1, 0.15) is 0 Å². The lowest BCUT2D eigenvalue weighted by molar-refractivity contribution is 0.0968. The van der Waals surface area contributed by atoms with Crippen LogP contribution in [0, 0.1) is 0 Å². The van der Waals surface area contributed by atoms with Gasteiger partial charge in [0, 0.05) is 19.2 Å². The highest BCUT2D eigenvalue weighted by Gasteiger charge is 2.28. The fourth-order valence-electron chi connectivity index (χ4n) is 2.44. The first-order valence-electron chi connectivity index (χ1n) is 6.36. The van der Waals surface area contributed by atoms with Gasteiger partial charge in [-0.05, 0) is 45.1 Å². The van der Waals surface area contributed by atoms with E-state index >= 15 is 0 Å². The van der Waals surface area contributed by atoms with Gasteiger partial charge in [-0.3, -0.25) is 4.90 Å². The number of aliphatic hydroxyl groups excluding tert-OH is 1. The second-order valence-corrected chi connectivity index (χ2v) is 4.77. The minimum atomic E-state index is 0.302. The van der Waals surface area contributed by atoms with Crippen molar-refractivity contribution in [3.8, 4) is 0 Å². The lowest BCUT2D eigenvalue weighted by atomic mass is 10.1. The van der Waals surface area contributed by atoms with Gasteiger partial charge in [-0.25, -0.2) is 0 Å². The SMILES string of the molecule is OCCN(CCCC1CCCO1)C1CC1. The Hall–Kier alpha value is -0.120. The Bertz CT molecular complexity index is 176. The van der Waals surface area contributed by atoms with Crippen LogP contribution in [0.2, 0.25) is 0 Å². The highest BCUT2D eigenvalue weighted by Crippen LogP contribution is 2.27. The van der Waals surface area contributed by atoms with E-state index in [1.54, 1.807) is 0 Å². The van der Waals surface area contributed by atoms with Crippen molar-refractivity contribution in [1.29, 1.82) is 0 Å². The summed E-state index contributed by atoms with van der Waals surface area (Å²) < 4.78 is 5.60. The molecule has 2 fully saturated rings. The van der Waals surface area contributed by atoms with Crippen molar-refractivity contribution in [2.75, 3.05) is 26.3 Å². The topological polar surface area (TPSA) is 32.7 Å². The number of aliphatic hydroxyl groups is 1. The molecule has 15 heavy (non-hydrogen) atoms. The highest BCUT2D eigenvalue weighted by molar-refractivity contribution is 4.84. The summed E-state index contributed by atoms with van der Waals surface area (Å²) in [5.74, 6) is 0. The van der Waals surface area contributed by atoms with Crippen LogP contribution in [-0.2, 0) is 4.74 Å². The van der Waals surface area contributed by atoms with Crippen molar-refractivity contribution in [2.45, 2.75) is 50.7 Å². The van der Waals surface area contributed by atoms with Crippen molar-refractivity contribution in [3.63, 3.8) is 0 Å².